The molecule has 0 radical (unpaired) electrons. The molecule has 1 aromatic carbocycles. The largest absolute Gasteiger partial charge is 0.381 e. The third kappa shape index (κ3) is 3.21. The van der Waals surface area contributed by atoms with Crippen LogP contribution in [0.25, 0.3) is 0 Å². The Balaban J connectivity index is 2.06. The Kier molecular flexibility index (Phi) is 4.17. The lowest BCUT2D eigenvalue weighted by Gasteiger charge is -2.35. The van der Waals surface area contributed by atoms with Gasteiger partial charge in [-0.3, -0.25) is 4.79 Å². The molecule has 1 aromatic rings. The van der Waals surface area contributed by atoms with E-state index >= 15 is 0 Å². The standard InChI is InChI=1S/C17H24N2O/c1-12-5-4-10-17(2,3)15(12)11-19-14-8-6-13(7-9-14)16(18)20/h6-9,19H,4-5,10-11H2,1-3H3,(H2,18,20). The molecule has 0 aromatic heterocycles. The number of allylic oxidation sites excluding steroid dienone is 1. The van der Waals surface area contributed by atoms with Gasteiger partial charge in [-0.05, 0) is 61.4 Å². The van der Waals surface area contributed by atoms with Gasteiger partial charge in [0.1, 0.15) is 0 Å². The van der Waals surface area contributed by atoms with Gasteiger partial charge in [-0.1, -0.05) is 19.4 Å². The summed E-state index contributed by atoms with van der Waals surface area (Å²) < 4.78 is 0. The Labute approximate surface area is 121 Å². The number of hydrogen-bond donors (Lipinski definition) is 2. The smallest absolute Gasteiger partial charge is 0.248 e. The maximum atomic E-state index is 11.0. The van der Waals surface area contributed by atoms with Crippen LogP contribution in [0.2, 0.25) is 0 Å². The van der Waals surface area contributed by atoms with Crippen LogP contribution in [0.1, 0.15) is 50.4 Å². The number of benzene rings is 1. The molecule has 2 rings (SSSR count). The van der Waals surface area contributed by atoms with Crippen LogP contribution in [0.3, 0.4) is 0 Å². The zero-order chi connectivity index (χ0) is 14.8. The molecule has 0 aliphatic heterocycles. The van der Waals surface area contributed by atoms with E-state index in [1.807, 2.05) is 12.1 Å². The first-order valence-corrected chi connectivity index (χ1v) is 7.23. The van der Waals surface area contributed by atoms with E-state index in [0.29, 0.717) is 5.56 Å². The van der Waals surface area contributed by atoms with Gasteiger partial charge in [0.15, 0.2) is 0 Å². The third-order valence-corrected chi connectivity index (χ3v) is 4.32. The fraction of sp³-hybridized carbons (Fsp3) is 0.471. The van der Waals surface area contributed by atoms with Gasteiger partial charge in [0.2, 0.25) is 5.91 Å². The van der Waals surface area contributed by atoms with E-state index < -0.39 is 0 Å². The highest BCUT2D eigenvalue weighted by Crippen LogP contribution is 2.39. The zero-order valence-electron chi connectivity index (χ0n) is 12.6. The maximum Gasteiger partial charge on any atom is 0.248 e. The molecule has 3 nitrogen and oxygen atoms in total. The first kappa shape index (κ1) is 14.6. The predicted octanol–water partition coefficient (Wildman–Crippen LogP) is 3.72. The van der Waals surface area contributed by atoms with Crippen LogP contribution in [0.4, 0.5) is 5.69 Å². The van der Waals surface area contributed by atoms with Crippen molar-refractivity contribution in [3.8, 4) is 0 Å². The molecule has 0 atom stereocenters. The van der Waals surface area contributed by atoms with Crippen molar-refractivity contribution in [2.45, 2.75) is 40.0 Å². The fourth-order valence-corrected chi connectivity index (χ4v) is 3.01. The van der Waals surface area contributed by atoms with Crippen LogP contribution in [0.5, 0.6) is 0 Å². The lowest BCUT2D eigenvalue weighted by atomic mass is 9.73. The van der Waals surface area contributed by atoms with Crippen molar-refractivity contribution < 1.29 is 4.79 Å². The topological polar surface area (TPSA) is 55.1 Å². The number of anilines is 1. The van der Waals surface area contributed by atoms with Crippen molar-refractivity contribution >= 4 is 11.6 Å². The molecule has 0 unspecified atom stereocenters. The first-order chi connectivity index (χ1) is 9.40. The minimum Gasteiger partial charge on any atom is -0.381 e. The Morgan fingerprint density at radius 1 is 1.30 bits per heavy atom. The highest BCUT2D eigenvalue weighted by molar-refractivity contribution is 5.93. The molecule has 0 saturated heterocycles. The van der Waals surface area contributed by atoms with Gasteiger partial charge in [-0.25, -0.2) is 0 Å². The first-order valence-electron chi connectivity index (χ1n) is 7.23. The number of carbonyl (C=O) groups is 1. The molecule has 108 valence electrons. The molecule has 0 fully saturated rings. The van der Waals surface area contributed by atoms with Crippen molar-refractivity contribution in [3.05, 3.63) is 41.0 Å². The lowest BCUT2D eigenvalue weighted by Crippen LogP contribution is -2.25. The summed E-state index contributed by atoms with van der Waals surface area (Å²) in [5.41, 5.74) is 10.1. The van der Waals surface area contributed by atoms with E-state index in [0.717, 1.165) is 12.2 Å². The van der Waals surface area contributed by atoms with Crippen molar-refractivity contribution in [2.24, 2.45) is 11.1 Å². The molecule has 0 bridgehead atoms. The highest BCUT2D eigenvalue weighted by Gasteiger charge is 2.27. The third-order valence-electron chi connectivity index (χ3n) is 4.32. The molecular formula is C17H24N2O. The second-order valence-electron chi connectivity index (χ2n) is 6.29. The molecule has 3 heteroatoms. The number of nitrogens with two attached hydrogens (primary N) is 1. The summed E-state index contributed by atoms with van der Waals surface area (Å²) in [6.45, 7) is 7.76. The highest BCUT2D eigenvalue weighted by atomic mass is 16.1. The average molecular weight is 272 g/mol. The molecular weight excluding hydrogens is 248 g/mol. The van der Waals surface area contributed by atoms with Gasteiger partial charge in [0.25, 0.3) is 0 Å². The summed E-state index contributed by atoms with van der Waals surface area (Å²) in [4.78, 5) is 11.0. The molecule has 20 heavy (non-hydrogen) atoms. The van der Waals surface area contributed by atoms with E-state index in [1.54, 1.807) is 12.1 Å². The number of amides is 1. The number of nitrogens with one attached hydrogen (secondary N) is 1. The average Bonchev–Trinajstić information content (AvgIpc) is 2.38. The van der Waals surface area contributed by atoms with Crippen molar-refractivity contribution in [1.29, 1.82) is 0 Å². The fourth-order valence-electron chi connectivity index (χ4n) is 3.01. The summed E-state index contributed by atoms with van der Waals surface area (Å²) in [7, 11) is 0. The normalized spacial score (nSPS) is 17.9. The van der Waals surface area contributed by atoms with Crippen LogP contribution in [0, 0.1) is 5.41 Å². The van der Waals surface area contributed by atoms with E-state index in [9.17, 15) is 4.79 Å². The SMILES string of the molecule is CC1=C(CNc2ccc(C(N)=O)cc2)C(C)(C)CCC1. The summed E-state index contributed by atoms with van der Waals surface area (Å²) >= 11 is 0. The Bertz CT molecular complexity index is 526. The van der Waals surface area contributed by atoms with Crippen molar-refractivity contribution in [2.75, 3.05) is 11.9 Å². The Hall–Kier alpha value is -1.77. The van der Waals surface area contributed by atoms with E-state index in [4.69, 9.17) is 5.73 Å². The lowest BCUT2D eigenvalue weighted by molar-refractivity contribution is 0.100. The zero-order valence-corrected chi connectivity index (χ0v) is 12.6. The van der Waals surface area contributed by atoms with Gasteiger partial charge in [0.05, 0.1) is 0 Å². The van der Waals surface area contributed by atoms with Gasteiger partial charge in [-0.15, -0.1) is 0 Å². The quantitative estimate of drug-likeness (QED) is 0.821. The summed E-state index contributed by atoms with van der Waals surface area (Å²) in [6.07, 6.45) is 3.75. The summed E-state index contributed by atoms with van der Waals surface area (Å²) in [6, 6.07) is 7.34. The summed E-state index contributed by atoms with van der Waals surface area (Å²) in [5.74, 6) is -0.386. The summed E-state index contributed by atoms with van der Waals surface area (Å²) in [5, 5.41) is 3.46. The van der Waals surface area contributed by atoms with E-state index in [1.165, 1.54) is 30.4 Å². The molecule has 1 amide bonds. The van der Waals surface area contributed by atoms with Gasteiger partial charge in [-0.2, -0.15) is 0 Å². The molecule has 1 aliphatic carbocycles. The van der Waals surface area contributed by atoms with Gasteiger partial charge >= 0.3 is 0 Å². The molecule has 0 heterocycles. The van der Waals surface area contributed by atoms with Crippen molar-refractivity contribution in [3.63, 3.8) is 0 Å². The van der Waals surface area contributed by atoms with Gasteiger partial charge < -0.3 is 11.1 Å². The van der Waals surface area contributed by atoms with Crippen molar-refractivity contribution in [1.82, 2.24) is 0 Å². The Morgan fingerprint density at radius 2 is 1.95 bits per heavy atom. The molecule has 0 saturated carbocycles. The number of hydrogen-bond acceptors (Lipinski definition) is 2. The number of primary amides is 1. The van der Waals surface area contributed by atoms with Gasteiger partial charge in [0, 0.05) is 17.8 Å². The molecule has 1 aliphatic rings. The van der Waals surface area contributed by atoms with Crippen LogP contribution in [-0.2, 0) is 0 Å². The second kappa shape index (κ2) is 5.70. The second-order valence-corrected chi connectivity index (χ2v) is 6.29. The minimum absolute atomic E-state index is 0.280. The predicted molar refractivity (Wildman–Crippen MR) is 83.8 cm³/mol. The Morgan fingerprint density at radius 3 is 2.50 bits per heavy atom. The van der Waals surface area contributed by atoms with E-state index in [2.05, 4.69) is 26.1 Å². The van der Waals surface area contributed by atoms with Crippen LogP contribution in [-0.4, -0.2) is 12.5 Å². The molecule has 3 N–H and O–H groups in total. The van der Waals surface area contributed by atoms with Crippen LogP contribution in [0.15, 0.2) is 35.4 Å². The van der Waals surface area contributed by atoms with Crippen LogP contribution < -0.4 is 11.1 Å². The van der Waals surface area contributed by atoms with Crippen LogP contribution >= 0.6 is 0 Å². The monoisotopic (exact) mass is 272 g/mol. The maximum absolute atomic E-state index is 11.0. The number of carbonyl (C=O) groups excluding carboxylic acids is 1. The van der Waals surface area contributed by atoms with E-state index in [-0.39, 0.29) is 11.3 Å². The number of rotatable bonds is 4. The minimum atomic E-state index is -0.386. The molecule has 0 spiro atoms.